The highest BCUT2D eigenvalue weighted by Crippen LogP contribution is 2.32. The third-order valence-electron chi connectivity index (χ3n) is 4.28. The molecule has 1 aliphatic rings. The molecule has 0 saturated heterocycles. The van der Waals surface area contributed by atoms with Gasteiger partial charge in [0.05, 0.1) is 11.9 Å². The predicted octanol–water partition coefficient (Wildman–Crippen LogP) is 1.89. The number of amides is 1. The van der Waals surface area contributed by atoms with E-state index in [4.69, 9.17) is 14.2 Å². The van der Waals surface area contributed by atoms with Crippen LogP contribution in [-0.4, -0.2) is 40.5 Å². The summed E-state index contributed by atoms with van der Waals surface area (Å²) in [5.41, 5.74) is 1.40. The van der Waals surface area contributed by atoms with Crippen LogP contribution in [0.1, 0.15) is 12.5 Å². The van der Waals surface area contributed by atoms with E-state index in [1.54, 1.807) is 37.3 Å². The standard InChI is InChI=1S/C19H22N2O6S/c1-13(27-16-7-5-15(6-8-16)21(2)28(3,23)24)19(22)20-11-14-4-9-17-18(10-14)26-12-25-17/h4-10,13H,11-12H2,1-3H3,(H,20,22)/t13-/m0/s1. The van der Waals surface area contributed by atoms with Gasteiger partial charge in [0, 0.05) is 13.6 Å². The van der Waals surface area contributed by atoms with Gasteiger partial charge in [0.15, 0.2) is 17.6 Å². The number of fused-ring (bicyclic) bond motifs is 1. The zero-order valence-corrected chi connectivity index (χ0v) is 16.7. The van der Waals surface area contributed by atoms with Gasteiger partial charge in [-0.2, -0.15) is 0 Å². The Morgan fingerprint density at radius 3 is 2.54 bits per heavy atom. The van der Waals surface area contributed by atoms with Crippen molar-refractivity contribution in [3.63, 3.8) is 0 Å². The topological polar surface area (TPSA) is 94.2 Å². The van der Waals surface area contributed by atoms with Crippen molar-refractivity contribution < 1.29 is 27.4 Å². The number of ether oxygens (including phenoxy) is 3. The SMILES string of the molecule is C[C@H](Oc1ccc(N(C)S(C)(=O)=O)cc1)C(=O)NCc1ccc2c(c1)OCO2. The number of carbonyl (C=O) groups is 1. The molecule has 3 rings (SSSR count). The van der Waals surface area contributed by atoms with Crippen molar-refractivity contribution in [2.24, 2.45) is 0 Å². The van der Waals surface area contributed by atoms with E-state index in [9.17, 15) is 13.2 Å². The summed E-state index contributed by atoms with van der Waals surface area (Å²) < 4.78 is 40.5. The summed E-state index contributed by atoms with van der Waals surface area (Å²) in [7, 11) is -1.86. The number of nitrogens with zero attached hydrogens (tertiary/aromatic N) is 1. The van der Waals surface area contributed by atoms with Gasteiger partial charge in [-0.15, -0.1) is 0 Å². The largest absolute Gasteiger partial charge is 0.481 e. The average molecular weight is 406 g/mol. The van der Waals surface area contributed by atoms with E-state index >= 15 is 0 Å². The fourth-order valence-corrected chi connectivity index (χ4v) is 3.07. The molecule has 1 atom stereocenters. The summed E-state index contributed by atoms with van der Waals surface area (Å²) in [5, 5.41) is 2.81. The Labute approximate surface area is 164 Å². The maximum absolute atomic E-state index is 12.3. The lowest BCUT2D eigenvalue weighted by atomic mass is 10.2. The molecular weight excluding hydrogens is 384 g/mol. The first-order valence-electron chi connectivity index (χ1n) is 8.61. The van der Waals surface area contributed by atoms with E-state index in [0.29, 0.717) is 29.5 Å². The van der Waals surface area contributed by atoms with Crippen molar-refractivity contribution in [3.05, 3.63) is 48.0 Å². The quantitative estimate of drug-likeness (QED) is 0.755. The van der Waals surface area contributed by atoms with Gasteiger partial charge in [0.25, 0.3) is 5.91 Å². The molecule has 0 fully saturated rings. The Balaban J connectivity index is 1.54. The summed E-state index contributed by atoms with van der Waals surface area (Å²) in [5.74, 6) is 1.55. The van der Waals surface area contributed by atoms with Crippen LogP contribution in [-0.2, 0) is 21.4 Å². The molecule has 9 heteroatoms. The van der Waals surface area contributed by atoms with Gasteiger partial charge in [-0.1, -0.05) is 6.07 Å². The monoisotopic (exact) mass is 406 g/mol. The van der Waals surface area contributed by atoms with E-state index in [1.165, 1.54) is 7.05 Å². The zero-order chi connectivity index (χ0) is 20.3. The Morgan fingerprint density at radius 2 is 1.86 bits per heavy atom. The summed E-state index contributed by atoms with van der Waals surface area (Å²) in [6.45, 7) is 2.18. The van der Waals surface area contributed by atoms with Crippen LogP contribution in [0.3, 0.4) is 0 Å². The van der Waals surface area contributed by atoms with Crippen molar-refractivity contribution in [2.45, 2.75) is 19.6 Å². The van der Waals surface area contributed by atoms with Crippen LogP contribution < -0.4 is 23.8 Å². The minimum Gasteiger partial charge on any atom is -0.481 e. The van der Waals surface area contributed by atoms with Crippen molar-refractivity contribution >= 4 is 21.6 Å². The Hall–Kier alpha value is -2.94. The van der Waals surface area contributed by atoms with E-state index in [0.717, 1.165) is 16.1 Å². The van der Waals surface area contributed by atoms with E-state index in [2.05, 4.69) is 5.32 Å². The molecule has 2 aromatic rings. The number of rotatable bonds is 7. The van der Waals surface area contributed by atoms with Crippen LogP contribution >= 0.6 is 0 Å². The lowest BCUT2D eigenvalue weighted by Gasteiger charge is -2.18. The Morgan fingerprint density at radius 1 is 1.18 bits per heavy atom. The summed E-state index contributed by atoms with van der Waals surface area (Å²) in [4.78, 5) is 12.3. The maximum Gasteiger partial charge on any atom is 0.261 e. The van der Waals surface area contributed by atoms with Gasteiger partial charge in [-0.3, -0.25) is 9.10 Å². The van der Waals surface area contributed by atoms with Crippen LogP contribution in [0.4, 0.5) is 5.69 Å². The van der Waals surface area contributed by atoms with Crippen molar-refractivity contribution in [3.8, 4) is 17.2 Å². The Bertz CT molecular complexity index is 959. The van der Waals surface area contributed by atoms with Gasteiger partial charge < -0.3 is 19.5 Å². The highest BCUT2D eigenvalue weighted by molar-refractivity contribution is 7.92. The second-order valence-electron chi connectivity index (χ2n) is 6.39. The lowest BCUT2D eigenvalue weighted by Crippen LogP contribution is -2.35. The molecule has 0 saturated carbocycles. The number of anilines is 1. The first-order chi connectivity index (χ1) is 13.2. The molecular formula is C19H22N2O6S. The number of nitrogens with one attached hydrogen (secondary N) is 1. The van der Waals surface area contributed by atoms with Crippen LogP contribution in [0.5, 0.6) is 17.2 Å². The fraction of sp³-hybridized carbons (Fsp3) is 0.316. The van der Waals surface area contributed by atoms with Gasteiger partial charge >= 0.3 is 0 Å². The molecule has 0 unspecified atom stereocenters. The highest BCUT2D eigenvalue weighted by atomic mass is 32.2. The number of benzene rings is 2. The van der Waals surface area contributed by atoms with Gasteiger partial charge in [0.2, 0.25) is 16.8 Å². The third-order valence-corrected chi connectivity index (χ3v) is 5.49. The first kappa shape index (κ1) is 19.8. The number of hydrogen-bond acceptors (Lipinski definition) is 6. The molecule has 1 aliphatic heterocycles. The predicted molar refractivity (Wildman–Crippen MR) is 104 cm³/mol. The van der Waals surface area contributed by atoms with E-state index in [1.807, 2.05) is 12.1 Å². The molecule has 0 aliphatic carbocycles. The smallest absolute Gasteiger partial charge is 0.261 e. The molecule has 150 valence electrons. The van der Waals surface area contributed by atoms with Crippen LogP contribution in [0, 0.1) is 0 Å². The number of hydrogen-bond donors (Lipinski definition) is 1. The first-order valence-corrected chi connectivity index (χ1v) is 10.5. The van der Waals surface area contributed by atoms with E-state index in [-0.39, 0.29) is 12.7 Å². The number of carbonyl (C=O) groups excluding carboxylic acids is 1. The van der Waals surface area contributed by atoms with Crippen molar-refractivity contribution in [1.82, 2.24) is 5.32 Å². The molecule has 1 N–H and O–H groups in total. The van der Waals surface area contributed by atoms with E-state index < -0.39 is 16.1 Å². The summed E-state index contributed by atoms with van der Waals surface area (Å²) >= 11 is 0. The molecule has 0 bridgehead atoms. The minimum atomic E-state index is -3.33. The van der Waals surface area contributed by atoms with Crippen molar-refractivity contribution in [1.29, 1.82) is 0 Å². The highest BCUT2D eigenvalue weighted by Gasteiger charge is 2.17. The molecule has 8 nitrogen and oxygen atoms in total. The summed E-state index contributed by atoms with van der Waals surface area (Å²) in [6.07, 6.45) is 0.414. The minimum absolute atomic E-state index is 0.203. The zero-order valence-electron chi connectivity index (χ0n) is 15.8. The maximum atomic E-state index is 12.3. The summed E-state index contributed by atoms with van der Waals surface area (Å²) in [6, 6.07) is 12.0. The molecule has 1 heterocycles. The second-order valence-corrected chi connectivity index (χ2v) is 8.40. The van der Waals surface area contributed by atoms with Crippen LogP contribution in [0.25, 0.3) is 0 Å². The van der Waals surface area contributed by atoms with Gasteiger partial charge in [0.1, 0.15) is 5.75 Å². The molecule has 0 aromatic heterocycles. The van der Waals surface area contributed by atoms with Crippen molar-refractivity contribution in [2.75, 3.05) is 24.4 Å². The third kappa shape index (κ3) is 4.66. The molecule has 28 heavy (non-hydrogen) atoms. The average Bonchev–Trinajstić information content (AvgIpc) is 3.13. The molecule has 0 radical (unpaired) electrons. The fourth-order valence-electron chi connectivity index (χ4n) is 2.57. The van der Waals surface area contributed by atoms with Crippen LogP contribution in [0.15, 0.2) is 42.5 Å². The van der Waals surface area contributed by atoms with Gasteiger partial charge in [-0.25, -0.2) is 8.42 Å². The second kappa shape index (κ2) is 7.97. The lowest BCUT2D eigenvalue weighted by molar-refractivity contribution is -0.127. The normalized spacial score (nSPS) is 13.7. The molecule has 1 amide bonds. The van der Waals surface area contributed by atoms with Crippen LogP contribution in [0.2, 0.25) is 0 Å². The number of sulfonamides is 1. The molecule has 0 spiro atoms. The van der Waals surface area contributed by atoms with Gasteiger partial charge in [-0.05, 0) is 48.9 Å². The molecule has 2 aromatic carbocycles. The Kier molecular flexibility index (Phi) is 5.64.